The Morgan fingerprint density at radius 2 is 1.71 bits per heavy atom. The summed E-state index contributed by atoms with van der Waals surface area (Å²) >= 11 is 0. The molecule has 2 aromatic rings. The highest BCUT2D eigenvalue weighted by atomic mass is 19.4. The van der Waals surface area contributed by atoms with Gasteiger partial charge in [-0.15, -0.1) is 0 Å². The number of alkyl halides is 3. The normalized spacial score (nSPS) is 11.6. The lowest BCUT2D eigenvalue weighted by Gasteiger charge is -2.05. The van der Waals surface area contributed by atoms with Crippen LogP contribution in [0.1, 0.15) is 21.5 Å². The van der Waals surface area contributed by atoms with Crippen molar-refractivity contribution in [2.45, 2.75) is 6.18 Å². The number of halogens is 3. The molecule has 1 aromatic carbocycles. The van der Waals surface area contributed by atoms with E-state index in [0.717, 1.165) is 12.1 Å². The molecule has 21 heavy (non-hydrogen) atoms. The molecule has 1 N–H and O–H groups in total. The minimum atomic E-state index is -4.37. The van der Waals surface area contributed by atoms with Gasteiger partial charge in [0.15, 0.2) is 0 Å². The lowest BCUT2D eigenvalue weighted by molar-refractivity contribution is -0.137. The topological polar surface area (TPSA) is 54.4 Å². The van der Waals surface area contributed by atoms with Crippen LogP contribution in [0.4, 0.5) is 13.2 Å². The zero-order chi connectivity index (χ0) is 15.3. The summed E-state index contributed by atoms with van der Waals surface area (Å²) in [6.07, 6.45) is -0.173. The second-order valence-corrected chi connectivity index (χ2v) is 4.05. The second kappa shape index (κ2) is 6.17. The monoisotopic (exact) mass is 293 g/mol. The van der Waals surface area contributed by atoms with E-state index in [4.69, 9.17) is 0 Å². The predicted molar refractivity (Wildman–Crippen MR) is 70.7 cm³/mol. The number of aromatic nitrogens is 1. The Kier molecular flexibility index (Phi) is 4.32. The van der Waals surface area contributed by atoms with E-state index in [1.807, 2.05) is 0 Å². The molecule has 0 spiro atoms. The second-order valence-electron chi connectivity index (χ2n) is 4.05. The summed E-state index contributed by atoms with van der Waals surface area (Å²) in [5.41, 5.74) is 2.36. The fraction of sp³-hybridized carbons (Fsp3) is 0.0714. The smallest absolute Gasteiger partial charge is 0.267 e. The van der Waals surface area contributed by atoms with E-state index in [2.05, 4.69) is 15.5 Å². The predicted octanol–water partition coefficient (Wildman–Crippen LogP) is 2.86. The van der Waals surface area contributed by atoms with Gasteiger partial charge >= 0.3 is 6.18 Å². The third kappa shape index (κ3) is 4.13. The van der Waals surface area contributed by atoms with Crippen LogP contribution in [-0.4, -0.2) is 17.1 Å². The lowest BCUT2D eigenvalue weighted by atomic mass is 10.1. The minimum Gasteiger partial charge on any atom is -0.267 e. The number of amides is 1. The van der Waals surface area contributed by atoms with Gasteiger partial charge < -0.3 is 0 Å². The first-order valence-corrected chi connectivity index (χ1v) is 5.87. The Morgan fingerprint density at radius 3 is 2.29 bits per heavy atom. The number of nitrogens with zero attached hydrogens (tertiary/aromatic N) is 2. The third-order valence-electron chi connectivity index (χ3n) is 2.56. The van der Waals surface area contributed by atoms with Crippen LogP contribution in [0.15, 0.2) is 53.9 Å². The molecule has 1 heterocycles. The Labute approximate surface area is 118 Å². The highest BCUT2D eigenvalue weighted by molar-refractivity contribution is 5.94. The van der Waals surface area contributed by atoms with Crippen molar-refractivity contribution in [2.24, 2.45) is 5.10 Å². The van der Waals surface area contributed by atoms with E-state index in [1.54, 1.807) is 0 Å². The molecule has 0 fully saturated rings. The summed E-state index contributed by atoms with van der Waals surface area (Å²) in [7, 11) is 0. The molecule has 0 unspecified atom stereocenters. The minimum absolute atomic E-state index is 0.384. The van der Waals surface area contributed by atoms with Crippen molar-refractivity contribution < 1.29 is 18.0 Å². The molecule has 0 aliphatic heterocycles. The fourth-order valence-electron chi connectivity index (χ4n) is 1.49. The van der Waals surface area contributed by atoms with Crippen molar-refractivity contribution in [3.8, 4) is 0 Å². The maximum Gasteiger partial charge on any atom is 0.416 e. The van der Waals surface area contributed by atoms with E-state index >= 15 is 0 Å². The molecule has 1 aromatic heterocycles. The molecular weight excluding hydrogens is 283 g/mol. The van der Waals surface area contributed by atoms with Gasteiger partial charge in [0, 0.05) is 18.0 Å². The molecule has 2 rings (SSSR count). The number of hydrazone groups is 1. The Balaban J connectivity index is 1.97. The van der Waals surface area contributed by atoms with Crippen molar-refractivity contribution in [1.82, 2.24) is 10.4 Å². The molecule has 0 aliphatic carbocycles. The van der Waals surface area contributed by atoms with Gasteiger partial charge in [0.1, 0.15) is 0 Å². The molecule has 0 atom stereocenters. The summed E-state index contributed by atoms with van der Waals surface area (Å²) < 4.78 is 37.1. The first-order chi connectivity index (χ1) is 9.97. The van der Waals surface area contributed by atoms with Gasteiger partial charge in [-0.1, -0.05) is 12.1 Å². The van der Waals surface area contributed by atoms with Crippen molar-refractivity contribution in [3.05, 3.63) is 65.5 Å². The van der Waals surface area contributed by atoms with Crippen LogP contribution in [0.3, 0.4) is 0 Å². The average molecular weight is 293 g/mol. The first-order valence-electron chi connectivity index (χ1n) is 5.87. The van der Waals surface area contributed by atoms with Gasteiger partial charge in [0.05, 0.1) is 11.8 Å². The van der Waals surface area contributed by atoms with Crippen LogP contribution in [0, 0.1) is 0 Å². The van der Waals surface area contributed by atoms with Crippen LogP contribution in [0.25, 0.3) is 0 Å². The fourth-order valence-corrected chi connectivity index (χ4v) is 1.49. The molecule has 0 radical (unpaired) electrons. The number of hydrogen-bond acceptors (Lipinski definition) is 3. The number of nitrogens with one attached hydrogen (secondary N) is 1. The van der Waals surface area contributed by atoms with Crippen LogP contribution < -0.4 is 5.43 Å². The number of carbonyl (C=O) groups excluding carboxylic acids is 1. The van der Waals surface area contributed by atoms with E-state index in [0.29, 0.717) is 11.1 Å². The first kappa shape index (κ1) is 14.7. The largest absolute Gasteiger partial charge is 0.416 e. The summed E-state index contributed by atoms with van der Waals surface area (Å²) in [5, 5.41) is 3.68. The van der Waals surface area contributed by atoms with Crippen LogP contribution >= 0.6 is 0 Å². The number of pyridine rings is 1. The molecule has 0 aliphatic rings. The van der Waals surface area contributed by atoms with E-state index in [1.165, 1.54) is 42.9 Å². The Bertz CT molecular complexity index is 637. The number of carbonyl (C=O) groups is 1. The van der Waals surface area contributed by atoms with Gasteiger partial charge in [-0.3, -0.25) is 9.78 Å². The number of rotatable bonds is 3. The maximum atomic E-state index is 12.4. The molecule has 4 nitrogen and oxygen atoms in total. The molecule has 108 valence electrons. The van der Waals surface area contributed by atoms with Crippen LogP contribution in [0.2, 0.25) is 0 Å². The zero-order valence-corrected chi connectivity index (χ0v) is 10.6. The molecule has 7 heteroatoms. The Hall–Kier alpha value is -2.70. The van der Waals surface area contributed by atoms with Crippen molar-refractivity contribution >= 4 is 12.1 Å². The van der Waals surface area contributed by atoms with Crippen molar-refractivity contribution in [1.29, 1.82) is 0 Å². The summed E-state index contributed by atoms with van der Waals surface area (Å²) in [4.78, 5) is 15.4. The molecule has 0 saturated heterocycles. The van der Waals surface area contributed by atoms with Gasteiger partial charge in [-0.2, -0.15) is 18.3 Å². The highest BCUT2D eigenvalue weighted by Crippen LogP contribution is 2.28. The van der Waals surface area contributed by atoms with E-state index in [9.17, 15) is 18.0 Å². The number of benzene rings is 1. The molecule has 0 bridgehead atoms. The summed E-state index contributed by atoms with van der Waals surface area (Å²) in [6, 6.07) is 7.47. The molecule has 0 saturated carbocycles. The number of hydrogen-bond donors (Lipinski definition) is 1. The summed E-state index contributed by atoms with van der Waals surface area (Å²) in [6.45, 7) is 0. The third-order valence-corrected chi connectivity index (χ3v) is 2.56. The van der Waals surface area contributed by atoms with Crippen molar-refractivity contribution in [3.63, 3.8) is 0 Å². The SMILES string of the molecule is O=C(NN=Cc1ccc(C(F)(F)F)cc1)c1ccncc1. The van der Waals surface area contributed by atoms with Crippen LogP contribution in [-0.2, 0) is 6.18 Å². The standard InChI is InChI=1S/C14H10F3N3O/c15-14(16,17)12-3-1-10(2-4-12)9-19-20-13(21)11-5-7-18-8-6-11/h1-9H,(H,20,21). The zero-order valence-electron chi connectivity index (χ0n) is 10.6. The summed E-state index contributed by atoms with van der Waals surface area (Å²) in [5.74, 6) is -0.430. The van der Waals surface area contributed by atoms with Gasteiger partial charge in [0.2, 0.25) is 0 Å². The maximum absolute atomic E-state index is 12.4. The lowest BCUT2D eigenvalue weighted by Crippen LogP contribution is -2.17. The van der Waals surface area contributed by atoms with Crippen molar-refractivity contribution in [2.75, 3.05) is 0 Å². The van der Waals surface area contributed by atoms with Gasteiger partial charge in [-0.05, 0) is 29.8 Å². The average Bonchev–Trinajstić information content (AvgIpc) is 2.47. The van der Waals surface area contributed by atoms with Gasteiger partial charge in [-0.25, -0.2) is 5.43 Å². The van der Waals surface area contributed by atoms with E-state index in [-0.39, 0.29) is 0 Å². The van der Waals surface area contributed by atoms with E-state index < -0.39 is 17.6 Å². The molecule has 1 amide bonds. The molecular formula is C14H10F3N3O. The Morgan fingerprint density at radius 1 is 1.10 bits per heavy atom. The highest BCUT2D eigenvalue weighted by Gasteiger charge is 2.29. The quantitative estimate of drug-likeness (QED) is 0.699. The van der Waals surface area contributed by atoms with Crippen LogP contribution in [0.5, 0.6) is 0 Å². The van der Waals surface area contributed by atoms with Gasteiger partial charge in [0.25, 0.3) is 5.91 Å².